The van der Waals surface area contributed by atoms with Crippen molar-refractivity contribution in [3.05, 3.63) is 29.2 Å². The fourth-order valence-electron chi connectivity index (χ4n) is 2.89. The van der Waals surface area contributed by atoms with Crippen molar-refractivity contribution in [3.63, 3.8) is 0 Å². The Morgan fingerprint density at radius 1 is 1.55 bits per heavy atom. The van der Waals surface area contributed by atoms with Crippen LogP contribution in [0.4, 0.5) is 0 Å². The molecule has 3 aliphatic heterocycles. The molecule has 3 aliphatic rings. The number of aromatic nitrogens is 2. The average molecular weight is 289 g/mol. The molecule has 1 saturated heterocycles. The minimum absolute atomic E-state index is 0.103. The van der Waals surface area contributed by atoms with E-state index in [1.165, 1.54) is 4.90 Å². The van der Waals surface area contributed by atoms with E-state index in [0.29, 0.717) is 12.0 Å². The Morgan fingerprint density at radius 3 is 3.20 bits per heavy atom. The molecule has 0 radical (unpaired) electrons. The number of imidazole rings is 1. The molecule has 102 valence electrons. The van der Waals surface area contributed by atoms with Crippen molar-refractivity contribution < 1.29 is 14.7 Å². The molecule has 4 heterocycles. The second-order valence-corrected chi connectivity index (χ2v) is 5.95. The van der Waals surface area contributed by atoms with Crippen LogP contribution in [0, 0.1) is 0 Å². The maximum atomic E-state index is 12.1. The van der Waals surface area contributed by atoms with Gasteiger partial charge in [0.1, 0.15) is 5.70 Å². The molecular weight excluding hydrogens is 278 g/mol. The molecule has 1 N–H and O–H groups in total. The zero-order chi connectivity index (χ0) is 13.9. The molecule has 0 spiro atoms. The lowest BCUT2D eigenvalue weighted by atomic mass is 9.93. The lowest BCUT2D eigenvalue weighted by Crippen LogP contribution is -2.52. The van der Waals surface area contributed by atoms with Gasteiger partial charge in [-0.05, 0) is 12.5 Å². The van der Waals surface area contributed by atoms with Gasteiger partial charge >= 0.3 is 5.97 Å². The third kappa shape index (κ3) is 1.44. The summed E-state index contributed by atoms with van der Waals surface area (Å²) in [5.74, 6) is -0.239. The predicted molar refractivity (Wildman–Crippen MR) is 71.9 cm³/mol. The van der Waals surface area contributed by atoms with Crippen molar-refractivity contribution in [2.75, 3.05) is 5.75 Å². The number of β-lactam (4-membered cyclic amide) rings is 1. The van der Waals surface area contributed by atoms with Crippen LogP contribution in [0.5, 0.6) is 0 Å². The number of carboxylic acid groups (broad SMARTS) is 1. The van der Waals surface area contributed by atoms with Gasteiger partial charge in [-0.25, -0.2) is 9.78 Å². The van der Waals surface area contributed by atoms with Crippen LogP contribution >= 0.6 is 11.8 Å². The number of fused-ring (bicyclic) bond motifs is 2. The Kier molecular flexibility index (Phi) is 2.35. The highest BCUT2D eigenvalue weighted by molar-refractivity contribution is 7.99. The van der Waals surface area contributed by atoms with Gasteiger partial charge in [-0.3, -0.25) is 9.69 Å². The van der Waals surface area contributed by atoms with Crippen LogP contribution in [0.2, 0.25) is 0 Å². The fourth-order valence-corrected chi connectivity index (χ4v) is 3.83. The Labute approximate surface area is 118 Å². The zero-order valence-corrected chi connectivity index (χ0v) is 11.3. The molecule has 1 fully saturated rings. The van der Waals surface area contributed by atoms with E-state index in [9.17, 15) is 9.59 Å². The molecular formula is C13H11N3O3S. The number of amides is 1. The Bertz CT molecular complexity index is 704. The molecule has 4 rings (SSSR count). The van der Waals surface area contributed by atoms with Crippen molar-refractivity contribution in [1.82, 2.24) is 14.5 Å². The molecule has 7 heteroatoms. The van der Waals surface area contributed by atoms with Gasteiger partial charge in [0.2, 0.25) is 0 Å². The molecule has 1 unspecified atom stereocenters. The summed E-state index contributed by atoms with van der Waals surface area (Å²) < 4.78 is 2.09. The predicted octanol–water partition coefficient (Wildman–Crippen LogP) is 0.955. The van der Waals surface area contributed by atoms with Crippen molar-refractivity contribution in [1.29, 1.82) is 0 Å². The number of hydrogen-bond acceptors (Lipinski definition) is 4. The molecule has 1 amide bonds. The van der Waals surface area contributed by atoms with Crippen LogP contribution in [-0.4, -0.2) is 43.2 Å². The first kappa shape index (κ1) is 11.8. The lowest BCUT2D eigenvalue weighted by molar-refractivity contribution is -0.142. The van der Waals surface area contributed by atoms with Gasteiger partial charge in [0.25, 0.3) is 5.91 Å². The summed E-state index contributed by atoms with van der Waals surface area (Å²) in [5, 5.41) is 10.0. The van der Waals surface area contributed by atoms with Crippen LogP contribution in [0.25, 0.3) is 6.08 Å². The summed E-state index contributed by atoms with van der Waals surface area (Å²) in [6.45, 7) is 0.903. The second kappa shape index (κ2) is 3.99. The molecule has 0 aliphatic carbocycles. The Hall–Kier alpha value is -2.02. The van der Waals surface area contributed by atoms with E-state index in [0.717, 1.165) is 23.1 Å². The minimum atomic E-state index is -1.04. The quantitative estimate of drug-likeness (QED) is 0.648. The largest absolute Gasteiger partial charge is 0.477 e. The maximum absolute atomic E-state index is 12.1. The lowest BCUT2D eigenvalue weighted by Gasteiger charge is -2.38. The number of carboxylic acids is 1. The number of nitrogens with zero attached hydrogens (tertiary/aromatic N) is 3. The van der Waals surface area contributed by atoms with E-state index in [1.807, 2.05) is 6.08 Å². The van der Waals surface area contributed by atoms with Gasteiger partial charge in [-0.1, -0.05) is 17.8 Å². The van der Waals surface area contributed by atoms with Gasteiger partial charge in [-0.15, -0.1) is 0 Å². The van der Waals surface area contributed by atoms with Crippen LogP contribution in [0.15, 0.2) is 28.7 Å². The number of carbonyl (C=O) groups is 2. The number of aliphatic carboxylic acids is 1. The highest BCUT2D eigenvalue weighted by Gasteiger charge is 2.48. The molecule has 0 bridgehead atoms. The summed E-state index contributed by atoms with van der Waals surface area (Å²) in [4.78, 5) is 28.8. The molecule has 0 aromatic carbocycles. The van der Waals surface area contributed by atoms with Crippen molar-refractivity contribution in [2.45, 2.75) is 24.2 Å². The third-order valence-corrected chi connectivity index (χ3v) is 4.82. The van der Waals surface area contributed by atoms with Gasteiger partial charge in [0.15, 0.2) is 5.16 Å². The van der Waals surface area contributed by atoms with E-state index in [2.05, 4.69) is 9.55 Å². The van der Waals surface area contributed by atoms with Gasteiger partial charge in [-0.2, -0.15) is 0 Å². The SMILES string of the molecule is O=C(O)C1=CCC2/C(=C\c3cnc4n3CCS4)C(=O)N12. The first-order valence-corrected chi connectivity index (χ1v) is 7.32. The van der Waals surface area contributed by atoms with Crippen molar-refractivity contribution in [2.24, 2.45) is 0 Å². The standard InChI is InChI=1S/C13H11N3O3S/c17-11-8(9-1-2-10(12(18)19)16(9)11)5-7-6-14-13-15(7)3-4-20-13/h2,5-6,9H,1,3-4H2,(H,18,19)/b8-5+. The topological polar surface area (TPSA) is 75.4 Å². The molecule has 20 heavy (non-hydrogen) atoms. The van der Waals surface area contributed by atoms with E-state index in [4.69, 9.17) is 5.11 Å². The van der Waals surface area contributed by atoms with E-state index < -0.39 is 5.97 Å². The third-order valence-electron chi connectivity index (χ3n) is 3.85. The molecule has 1 aromatic heterocycles. The molecule has 1 aromatic rings. The Balaban J connectivity index is 1.64. The van der Waals surface area contributed by atoms with E-state index in [-0.39, 0.29) is 17.6 Å². The van der Waals surface area contributed by atoms with Gasteiger partial charge in [0.05, 0.1) is 17.9 Å². The smallest absolute Gasteiger partial charge is 0.352 e. The summed E-state index contributed by atoms with van der Waals surface area (Å²) in [7, 11) is 0. The number of hydrogen-bond donors (Lipinski definition) is 1. The number of carbonyl (C=O) groups excluding carboxylic acids is 1. The first-order valence-electron chi connectivity index (χ1n) is 6.34. The van der Waals surface area contributed by atoms with Crippen LogP contribution in [0.1, 0.15) is 12.1 Å². The van der Waals surface area contributed by atoms with Gasteiger partial charge in [0, 0.05) is 17.9 Å². The average Bonchev–Trinajstić information content (AvgIpc) is 3.09. The first-order chi connectivity index (χ1) is 9.66. The number of rotatable bonds is 2. The van der Waals surface area contributed by atoms with Gasteiger partial charge < -0.3 is 9.67 Å². The van der Waals surface area contributed by atoms with E-state index in [1.54, 1.807) is 24.0 Å². The molecule has 0 saturated carbocycles. The zero-order valence-electron chi connectivity index (χ0n) is 10.4. The second-order valence-electron chi connectivity index (χ2n) is 4.89. The van der Waals surface area contributed by atoms with Crippen LogP contribution in [-0.2, 0) is 16.1 Å². The minimum Gasteiger partial charge on any atom is -0.477 e. The molecule has 6 nitrogen and oxygen atoms in total. The van der Waals surface area contributed by atoms with Crippen LogP contribution in [0.3, 0.4) is 0 Å². The Morgan fingerprint density at radius 2 is 2.40 bits per heavy atom. The summed E-state index contributed by atoms with van der Waals surface area (Å²) >= 11 is 1.71. The maximum Gasteiger partial charge on any atom is 0.352 e. The molecule has 1 atom stereocenters. The van der Waals surface area contributed by atoms with E-state index >= 15 is 0 Å². The summed E-state index contributed by atoms with van der Waals surface area (Å²) in [5.41, 5.74) is 1.71. The van der Waals surface area contributed by atoms with Crippen molar-refractivity contribution >= 4 is 29.7 Å². The fraction of sp³-hybridized carbons (Fsp3) is 0.308. The highest BCUT2D eigenvalue weighted by Crippen LogP contribution is 2.39. The summed E-state index contributed by atoms with van der Waals surface area (Å²) in [6.07, 6.45) is 5.81. The normalized spacial score (nSPS) is 25.5. The number of thioether (sulfide) groups is 1. The van der Waals surface area contributed by atoms with Crippen LogP contribution < -0.4 is 0 Å². The van der Waals surface area contributed by atoms with Crippen molar-refractivity contribution in [3.8, 4) is 0 Å². The monoisotopic (exact) mass is 289 g/mol. The summed E-state index contributed by atoms with van der Waals surface area (Å²) in [6, 6.07) is -0.117. The highest BCUT2D eigenvalue weighted by atomic mass is 32.2.